The van der Waals surface area contributed by atoms with Gasteiger partial charge in [-0.05, 0) is 31.0 Å². The lowest BCUT2D eigenvalue weighted by Crippen LogP contribution is -2.67. The molecule has 9 nitrogen and oxygen atoms in total. The Morgan fingerprint density at radius 2 is 2.03 bits per heavy atom. The molecule has 0 saturated heterocycles. The van der Waals surface area contributed by atoms with Gasteiger partial charge in [-0.25, -0.2) is 9.98 Å². The Hall–Kier alpha value is -3.20. The van der Waals surface area contributed by atoms with Crippen molar-refractivity contribution in [2.45, 2.75) is 50.5 Å². The quantitative estimate of drug-likeness (QED) is 0.470. The van der Waals surface area contributed by atoms with Gasteiger partial charge in [0.15, 0.2) is 11.5 Å². The summed E-state index contributed by atoms with van der Waals surface area (Å²) in [6, 6.07) is 5.98. The SMILES string of the molecule is NC1(Nc2ccc3[nH]ncc3c2)N=C2C(=NC=CN2C2CCCCCC2)C(=O)N1. The topological polar surface area (TPSA) is 124 Å². The van der Waals surface area contributed by atoms with Gasteiger partial charge in [0.2, 0.25) is 0 Å². The maximum atomic E-state index is 12.8. The van der Waals surface area contributed by atoms with Crippen LogP contribution in [0.25, 0.3) is 10.9 Å². The van der Waals surface area contributed by atoms with Gasteiger partial charge in [0.05, 0.1) is 11.7 Å². The molecule has 1 fully saturated rings. The number of nitrogens with zero attached hydrogens (tertiary/aromatic N) is 4. The second kappa shape index (κ2) is 7.00. The second-order valence-corrected chi connectivity index (χ2v) is 7.78. The summed E-state index contributed by atoms with van der Waals surface area (Å²) in [5.41, 5.74) is 8.44. The van der Waals surface area contributed by atoms with E-state index in [0.717, 1.165) is 29.4 Å². The van der Waals surface area contributed by atoms with Crippen molar-refractivity contribution in [1.82, 2.24) is 20.4 Å². The lowest BCUT2D eigenvalue weighted by molar-refractivity contribution is -0.116. The predicted octanol–water partition coefficient (Wildman–Crippen LogP) is 2.02. The molecular weight excluding hydrogens is 368 g/mol. The number of fused-ring (bicyclic) bond motifs is 2. The number of aliphatic imine (C=N–C) groups is 2. The molecule has 2 aromatic rings. The van der Waals surface area contributed by atoms with Crippen molar-refractivity contribution in [3.63, 3.8) is 0 Å². The molecule has 29 heavy (non-hydrogen) atoms. The Bertz CT molecular complexity index is 1030. The molecule has 3 heterocycles. The van der Waals surface area contributed by atoms with E-state index in [1.807, 2.05) is 24.4 Å². The minimum atomic E-state index is -1.46. The minimum Gasteiger partial charge on any atom is -0.331 e. The van der Waals surface area contributed by atoms with Crippen LogP contribution in [0.4, 0.5) is 5.69 Å². The van der Waals surface area contributed by atoms with Crippen LogP contribution in [0.3, 0.4) is 0 Å². The third kappa shape index (κ3) is 3.38. The van der Waals surface area contributed by atoms with Crippen LogP contribution < -0.4 is 16.4 Å². The Morgan fingerprint density at radius 3 is 2.86 bits per heavy atom. The maximum Gasteiger partial charge on any atom is 0.278 e. The summed E-state index contributed by atoms with van der Waals surface area (Å²) in [6.07, 6.45) is 12.3. The first-order valence-corrected chi connectivity index (χ1v) is 10.1. The number of aromatic amines is 1. The Kier molecular flexibility index (Phi) is 4.31. The van der Waals surface area contributed by atoms with Gasteiger partial charge in [0.25, 0.3) is 11.8 Å². The third-order valence-electron chi connectivity index (χ3n) is 5.68. The molecule has 1 saturated carbocycles. The number of amides is 1. The van der Waals surface area contributed by atoms with Gasteiger partial charge in [-0.15, -0.1) is 0 Å². The molecule has 2 aliphatic heterocycles. The Morgan fingerprint density at radius 1 is 1.21 bits per heavy atom. The molecule has 5 rings (SSSR count). The van der Waals surface area contributed by atoms with E-state index in [0.29, 0.717) is 17.6 Å². The highest BCUT2D eigenvalue weighted by atomic mass is 16.2. The number of amidine groups is 1. The van der Waals surface area contributed by atoms with Crippen molar-refractivity contribution >= 4 is 34.0 Å². The van der Waals surface area contributed by atoms with Gasteiger partial charge in [-0.3, -0.25) is 20.9 Å². The monoisotopic (exact) mass is 392 g/mol. The molecular formula is C20H24N8O. The van der Waals surface area contributed by atoms with E-state index in [1.165, 1.54) is 25.7 Å². The number of rotatable bonds is 3. The first kappa shape index (κ1) is 17.9. The van der Waals surface area contributed by atoms with E-state index < -0.39 is 5.91 Å². The summed E-state index contributed by atoms with van der Waals surface area (Å²) >= 11 is 0. The van der Waals surface area contributed by atoms with Crippen LogP contribution >= 0.6 is 0 Å². The van der Waals surface area contributed by atoms with Crippen molar-refractivity contribution < 1.29 is 4.79 Å². The van der Waals surface area contributed by atoms with E-state index in [4.69, 9.17) is 10.7 Å². The average molecular weight is 392 g/mol. The number of hydrogen-bond donors (Lipinski definition) is 4. The Balaban J connectivity index is 1.47. The first-order valence-electron chi connectivity index (χ1n) is 10.1. The molecule has 0 spiro atoms. The third-order valence-corrected chi connectivity index (χ3v) is 5.68. The average Bonchev–Trinajstić information content (AvgIpc) is 2.99. The van der Waals surface area contributed by atoms with Gasteiger partial charge in [-0.2, -0.15) is 5.10 Å². The zero-order chi connectivity index (χ0) is 19.8. The number of nitrogens with one attached hydrogen (secondary N) is 3. The fraction of sp³-hybridized carbons (Fsp3) is 0.400. The summed E-state index contributed by atoms with van der Waals surface area (Å²) in [5, 5.41) is 13.8. The number of hydrogen-bond acceptors (Lipinski definition) is 7. The van der Waals surface area contributed by atoms with Crippen molar-refractivity contribution in [3.05, 3.63) is 36.8 Å². The summed E-state index contributed by atoms with van der Waals surface area (Å²) in [6.45, 7) is 0. The van der Waals surface area contributed by atoms with Crippen LogP contribution in [0.1, 0.15) is 38.5 Å². The molecule has 0 radical (unpaired) electrons. The fourth-order valence-corrected chi connectivity index (χ4v) is 4.26. The molecule has 1 amide bonds. The largest absolute Gasteiger partial charge is 0.331 e. The number of carbonyl (C=O) groups is 1. The molecule has 0 bridgehead atoms. The molecule has 5 N–H and O–H groups in total. The van der Waals surface area contributed by atoms with Gasteiger partial charge in [0, 0.05) is 29.5 Å². The molecule has 1 aromatic heterocycles. The summed E-state index contributed by atoms with van der Waals surface area (Å²) < 4.78 is 0. The van der Waals surface area contributed by atoms with Crippen LogP contribution in [-0.2, 0) is 4.79 Å². The van der Waals surface area contributed by atoms with E-state index in [2.05, 4.69) is 30.7 Å². The van der Waals surface area contributed by atoms with Gasteiger partial charge >= 0.3 is 0 Å². The van der Waals surface area contributed by atoms with E-state index >= 15 is 0 Å². The highest BCUT2D eigenvalue weighted by molar-refractivity contribution is 6.67. The van der Waals surface area contributed by atoms with Crippen LogP contribution in [0.15, 0.2) is 46.8 Å². The lowest BCUT2D eigenvalue weighted by Gasteiger charge is -2.39. The van der Waals surface area contributed by atoms with Gasteiger partial charge in [-0.1, -0.05) is 25.7 Å². The number of anilines is 1. The van der Waals surface area contributed by atoms with E-state index in [1.54, 1.807) is 12.4 Å². The van der Waals surface area contributed by atoms with Crippen molar-refractivity contribution in [2.24, 2.45) is 15.7 Å². The van der Waals surface area contributed by atoms with Crippen molar-refractivity contribution in [2.75, 3.05) is 5.32 Å². The zero-order valence-corrected chi connectivity index (χ0v) is 16.1. The smallest absolute Gasteiger partial charge is 0.278 e. The Labute approximate surface area is 168 Å². The number of nitrogens with two attached hydrogens (primary N) is 1. The van der Waals surface area contributed by atoms with E-state index in [9.17, 15) is 4.79 Å². The van der Waals surface area contributed by atoms with Crippen LogP contribution in [0, 0.1) is 0 Å². The van der Waals surface area contributed by atoms with E-state index in [-0.39, 0.29) is 5.91 Å². The van der Waals surface area contributed by atoms with Crippen molar-refractivity contribution in [3.8, 4) is 0 Å². The first-order chi connectivity index (χ1) is 14.1. The van der Waals surface area contributed by atoms with Crippen LogP contribution in [0.2, 0.25) is 0 Å². The van der Waals surface area contributed by atoms with Crippen molar-refractivity contribution in [1.29, 1.82) is 0 Å². The van der Waals surface area contributed by atoms with Crippen LogP contribution in [-0.4, -0.2) is 44.5 Å². The number of H-pyrrole nitrogens is 1. The summed E-state index contributed by atoms with van der Waals surface area (Å²) in [7, 11) is 0. The zero-order valence-electron chi connectivity index (χ0n) is 16.1. The minimum absolute atomic E-state index is 0.301. The molecule has 1 aromatic carbocycles. The predicted molar refractivity (Wildman–Crippen MR) is 112 cm³/mol. The molecule has 150 valence electrons. The van der Waals surface area contributed by atoms with Gasteiger partial charge < -0.3 is 10.2 Å². The second-order valence-electron chi connectivity index (χ2n) is 7.78. The molecule has 1 atom stereocenters. The molecule has 1 aliphatic carbocycles. The number of aromatic nitrogens is 2. The standard InChI is InChI=1S/C20H24N8O/c21-20(24-14-7-8-16-13(11-14)12-23-27-16)25-18-17(19(29)26-20)22-9-10-28(18)15-5-3-1-2-4-6-15/h7-12,15,24H,1-6,21H2,(H,23,27)(H,26,29). The number of carbonyl (C=O) groups excluding carboxylic acids is 1. The summed E-state index contributed by atoms with van der Waals surface area (Å²) in [4.78, 5) is 23.8. The summed E-state index contributed by atoms with van der Waals surface area (Å²) in [5.74, 6) is -1.27. The van der Waals surface area contributed by atoms with Crippen LogP contribution in [0.5, 0.6) is 0 Å². The molecule has 1 unspecified atom stereocenters. The maximum absolute atomic E-state index is 12.8. The number of benzene rings is 1. The van der Waals surface area contributed by atoms with Gasteiger partial charge in [0.1, 0.15) is 0 Å². The molecule has 9 heteroatoms. The lowest BCUT2D eigenvalue weighted by atomic mass is 10.1. The normalized spacial score (nSPS) is 25.1. The fourth-order valence-electron chi connectivity index (χ4n) is 4.26. The highest BCUT2D eigenvalue weighted by Gasteiger charge is 2.40. The highest BCUT2D eigenvalue weighted by Crippen LogP contribution is 2.26. The molecule has 3 aliphatic rings.